The van der Waals surface area contributed by atoms with Crippen LogP contribution in [0.3, 0.4) is 0 Å². The highest BCUT2D eigenvalue weighted by Gasteiger charge is 2.24. The topological polar surface area (TPSA) is 37.9 Å². The number of rotatable bonds is 3. The molecule has 1 aromatic heterocycles. The lowest BCUT2D eigenvalue weighted by molar-refractivity contribution is -0.469. The average Bonchev–Trinajstić information content (AvgIpc) is 3.02. The first-order valence-electron chi connectivity index (χ1n) is 5.81. The van der Waals surface area contributed by atoms with Crippen molar-refractivity contribution >= 4 is 17.7 Å². The predicted octanol–water partition coefficient (Wildman–Crippen LogP) is 1.69. The number of aromatic nitrogens is 2. The van der Waals surface area contributed by atoms with Crippen molar-refractivity contribution in [1.82, 2.24) is 9.55 Å². The minimum Gasteiger partial charge on any atom is -0.281 e. The Labute approximate surface area is 109 Å². The lowest BCUT2D eigenvalue weighted by Crippen LogP contribution is -2.18. The predicted molar refractivity (Wildman–Crippen MR) is 67.9 cm³/mol. The number of hydrogen-bond acceptors (Lipinski definition) is 2. The van der Waals surface area contributed by atoms with E-state index in [0.29, 0.717) is 6.67 Å². The molecule has 0 saturated carbocycles. The highest BCUT2D eigenvalue weighted by atomic mass is 19.1. The van der Waals surface area contributed by atoms with E-state index in [2.05, 4.69) is 4.98 Å². The number of amides is 1. The summed E-state index contributed by atoms with van der Waals surface area (Å²) in [7, 11) is 0. The van der Waals surface area contributed by atoms with Gasteiger partial charge in [0.25, 0.3) is 0 Å². The van der Waals surface area contributed by atoms with E-state index in [0.717, 1.165) is 11.1 Å². The fraction of sp³-hybridized carbons (Fsp3) is 0.0714. The molecule has 5 heteroatoms. The van der Waals surface area contributed by atoms with Gasteiger partial charge in [-0.05, 0) is 17.7 Å². The SMILES string of the molecule is O=C1C=C(c2ccc(F)cc2)C=[N+]1Cn1ccnc1. The third kappa shape index (κ3) is 2.35. The minimum atomic E-state index is -0.288. The molecule has 2 heterocycles. The number of halogens is 1. The molecule has 19 heavy (non-hydrogen) atoms. The molecule has 0 aliphatic carbocycles. The second kappa shape index (κ2) is 4.61. The number of carbonyl (C=O) groups excluding carboxylic acids is 1. The number of benzene rings is 1. The number of carbonyl (C=O) groups is 1. The van der Waals surface area contributed by atoms with Crippen LogP contribution in [0.5, 0.6) is 0 Å². The zero-order valence-corrected chi connectivity index (χ0v) is 10.0. The number of imidazole rings is 1. The van der Waals surface area contributed by atoms with Crippen LogP contribution in [0, 0.1) is 5.82 Å². The molecule has 1 aromatic carbocycles. The molecule has 1 aliphatic heterocycles. The highest BCUT2D eigenvalue weighted by molar-refractivity contribution is 6.18. The number of nitrogens with zero attached hydrogens (tertiary/aromatic N) is 3. The summed E-state index contributed by atoms with van der Waals surface area (Å²) in [5.41, 5.74) is 1.60. The quantitative estimate of drug-likeness (QED) is 0.784. The summed E-state index contributed by atoms with van der Waals surface area (Å²) in [6.07, 6.45) is 8.41. The van der Waals surface area contributed by atoms with Gasteiger partial charge >= 0.3 is 5.91 Å². The van der Waals surface area contributed by atoms with Crippen LogP contribution in [0.4, 0.5) is 4.39 Å². The molecule has 0 unspecified atom stereocenters. The van der Waals surface area contributed by atoms with Gasteiger partial charge in [0, 0.05) is 12.4 Å². The van der Waals surface area contributed by atoms with Crippen LogP contribution in [-0.4, -0.2) is 26.2 Å². The molecule has 0 radical (unpaired) electrons. The smallest absolute Gasteiger partial charge is 0.281 e. The molecule has 0 saturated heterocycles. The van der Waals surface area contributed by atoms with Crippen LogP contribution in [0.25, 0.3) is 5.57 Å². The third-order valence-corrected chi connectivity index (χ3v) is 2.91. The van der Waals surface area contributed by atoms with Gasteiger partial charge in [0.2, 0.25) is 6.67 Å². The summed E-state index contributed by atoms with van der Waals surface area (Å²) in [4.78, 5) is 15.8. The van der Waals surface area contributed by atoms with E-state index in [1.165, 1.54) is 12.1 Å². The maximum Gasteiger partial charge on any atom is 0.414 e. The molecule has 94 valence electrons. The molecule has 4 nitrogen and oxygen atoms in total. The normalized spacial score (nSPS) is 14.5. The van der Waals surface area contributed by atoms with Crippen LogP contribution in [-0.2, 0) is 11.5 Å². The van der Waals surface area contributed by atoms with Gasteiger partial charge in [-0.3, -0.25) is 4.57 Å². The van der Waals surface area contributed by atoms with Crippen LogP contribution < -0.4 is 0 Å². The molecule has 1 aliphatic rings. The van der Waals surface area contributed by atoms with E-state index in [4.69, 9.17) is 0 Å². The second-order valence-corrected chi connectivity index (χ2v) is 4.26. The average molecular weight is 256 g/mol. The van der Waals surface area contributed by atoms with Crippen LogP contribution in [0.1, 0.15) is 5.56 Å². The largest absolute Gasteiger partial charge is 0.414 e. The van der Waals surface area contributed by atoms with Gasteiger partial charge in [-0.2, -0.15) is 0 Å². The summed E-state index contributed by atoms with van der Waals surface area (Å²) < 4.78 is 16.2. The zero-order valence-electron chi connectivity index (χ0n) is 10.0. The van der Waals surface area contributed by atoms with Crippen molar-refractivity contribution in [3.05, 3.63) is 60.4 Å². The van der Waals surface area contributed by atoms with Gasteiger partial charge in [0.05, 0.1) is 18.0 Å². The van der Waals surface area contributed by atoms with E-state index >= 15 is 0 Å². The number of allylic oxidation sites excluding steroid dienone is 1. The van der Waals surface area contributed by atoms with Crippen LogP contribution in [0.2, 0.25) is 0 Å². The molecule has 0 N–H and O–H groups in total. The summed E-state index contributed by atoms with van der Waals surface area (Å²) in [6, 6.07) is 6.08. The lowest BCUT2D eigenvalue weighted by Gasteiger charge is -1.97. The van der Waals surface area contributed by atoms with Crippen molar-refractivity contribution in [3.63, 3.8) is 0 Å². The third-order valence-electron chi connectivity index (χ3n) is 2.91. The Morgan fingerprint density at radius 1 is 1.26 bits per heavy atom. The summed E-state index contributed by atoms with van der Waals surface area (Å²) in [5.74, 6) is -0.378. The van der Waals surface area contributed by atoms with Crippen LogP contribution >= 0.6 is 0 Å². The van der Waals surface area contributed by atoms with Crippen molar-refractivity contribution in [3.8, 4) is 0 Å². The van der Waals surface area contributed by atoms with Crippen molar-refractivity contribution < 1.29 is 13.8 Å². The molecule has 0 fully saturated rings. The fourth-order valence-electron chi connectivity index (χ4n) is 1.94. The van der Waals surface area contributed by atoms with Gasteiger partial charge in [0.1, 0.15) is 5.82 Å². The highest BCUT2D eigenvalue weighted by Crippen LogP contribution is 2.16. The molecule has 3 rings (SSSR count). The second-order valence-electron chi connectivity index (χ2n) is 4.26. The number of hydrogen-bond donors (Lipinski definition) is 0. The first-order valence-corrected chi connectivity index (χ1v) is 5.81. The standard InChI is InChI=1S/C14H11FN3O/c15-13-3-1-11(2-4-13)12-7-14(19)18(8-12)10-17-6-5-16-9-17/h1-9H,10H2/q+1. The molecule has 0 bridgehead atoms. The van der Waals surface area contributed by atoms with Crippen molar-refractivity contribution in [2.24, 2.45) is 0 Å². The van der Waals surface area contributed by atoms with Gasteiger partial charge in [-0.15, -0.1) is 4.58 Å². The van der Waals surface area contributed by atoms with Crippen molar-refractivity contribution in [2.45, 2.75) is 6.67 Å². The first-order chi connectivity index (χ1) is 9.22. The van der Waals surface area contributed by atoms with E-state index in [-0.39, 0.29) is 11.7 Å². The van der Waals surface area contributed by atoms with E-state index in [1.54, 1.807) is 52.3 Å². The molecular weight excluding hydrogens is 245 g/mol. The summed E-state index contributed by atoms with van der Waals surface area (Å²) in [5, 5.41) is 0. The van der Waals surface area contributed by atoms with E-state index in [9.17, 15) is 9.18 Å². The maximum atomic E-state index is 12.9. The Hall–Kier alpha value is -2.56. The van der Waals surface area contributed by atoms with Gasteiger partial charge < -0.3 is 0 Å². The molecule has 2 aromatic rings. The summed E-state index contributed by atoms with van der Waals surface area (Å²) >= 11 is 0. The fourth-order valence-corrected chi connectivity index (χ4v) is 1.94. The lowest BCUT2D eigenvalue weighted by atomic mass is 10.1. The van der Waals surface area contributed by atoms with Gasteiger partial charge in [0.15, 0.2) is 6.21 Å². The summed E-state index contributed by atoms with van der Waals surface area (Å²) in [6.45, 7) is 0.417. The molecule has 1 amide bonds. The Bertz CT molecular complexity index is 669. The molecule has 0 spiro atoms. The van der Waals surface area contributed by atoms with Gasteiger partial charge in [-0.1, -0.05) is 12.1 Å². The molecular formula is C14H11FN3O+. The van der Waals surface area contributed by atoms with Crippen molar-refractivity contribution in [2.75, 3.05) is 0 Å². The van der Waals surface area contributed by atoms with Crippen LogP contribution in [0.15, 0.2) is 49.1 Å². The first kappa shape index (κ1) is 11.5. The maximum absolute atomic E-state index is 12.9. The van der Waals surface area contributed by atoms with E-state index < -0.39 is 0 Å². The Morgan fingerprint density at radius 3 is 2.74 bits per heavy atom. The Morgan fingerprint density at radius 2 is 2.05 bits per heavy atom. The van der Waals surface area contributed by atoms with Crippen molar-refractivity contribution in [1.29, 1.82) is 0 Å². The van der Waals surface area contributed by atoms with E-state index in [1.807, 2.05) is 0 Å². The Balaban J connectivity index is 1.85. The zero-order chi connectivity index (χ0) is 13.2. The molecule has 0 atom stereocenters. The monoisotopic (exact) mass is 256 g/mol. The Kier molecular flexibility index (Phi) is 2.79. The minimum absolute atomic E-state index is 0.0898. The van der Waals surface area contributed by atoms with Gasteiger partial charge in [-0.25, -0.2) is 14.2 Å².